The van der Waals surface area contributed by atoms with E-state index in [-0.39, 0.29) is 12.0 Å². The fourth-order valence-electron chi connectivity index (χ4n) is 4.22. The van der Waals surface area contributed by atoms with Crippen LogP contribution in [0.3, 0.4) is 0 Å². The van der Waals surface area contributed by atoms with Gasteiger partial charge in [0.15, 0.2) is 0 Å². The molecule has 1 saturated heterocycles. The van der Waals surface area contributed by atoms with E-state index in [4.69, 9.17) is 9.47 Å². The van der Waals surface area contributed by atoms with Gasteiger partial charge in [-0.1, -0.05) is 59.7 Å². The molecule has 0 radical (unpaired) electrons. The van der Waals surface area contributed by atoms with Crippen molar-refractivity contribution in [3.63, 3.8) is 0 Å². The molecule has 1 amide bonds. The lowest BCUT2D eigenvalue weighted by Crippen LogP contribution is -2.49. The largest absolute Gasteiger partial charge is 0.497 e. The van der Waals surface area contributed by atoms with Crippen LogP contribution in [0.25, 0.3) is 0 Å². The second-order valence-electron chi connectivity index (χ2n) is 9.02. The summed E-state index contributed by atoms with van der Waals surface area (Å²) in [4.78, 5) is 17.2. The van der Waals surface area contributed by atoms with Gasteiger partial charge in [0.05, 0.1) is 19.8 Å². The number of carbonyl (C=O) groups is 1. The number of ether oxygens (including phenoxy) is 2. The van der Waals surface area contributed by atoms with Crippen molar-refractivity contribution < 1.29 is 14.3 Å². The highest BCUT2D eigenvalue weighted by molar-refractivity contribution is 5.94. The van der Waals surface area contributed by atoms with Gasteiger partial charge in [-0.3, -0.25) is 9.69 Å². The molecular weight excluding hydrogens is 424 g/mol. The summed E-state index contributed by atoms with van der Waals surface area (Å²) in [5.41, 5.74) is 5.42. The molecule has 1 fully saturated rings. The first-order valence-electron chi connectivity index (χ1n) is 11.9. The first-order chi connectivity index (χ1) is 16.5. The summed E-state index contributed by atoms with van der Waals surface area (Å²) in [5.74, 6) is 0.939. The predicted molar refractivity (Wildman–Crippen MR) is 135 cm³/mol. The highest BCUT2D eigenvalue weighted by Gasteiger charge is 2.25. The molecule has 3 aromatic rings. The Bertz CT molecular complexity index is 1070. The third-order valence-electron chi connectivity index (χ3n) is 6.42. The minimum Gasteiger partial charge on any atom is -0.497 e. The summed E-state index contributed by atoms with van der Waals surface area (Å²) in [6.45, 7) is 8.53. The highest BCUT2D eigenvalue weighted by atomic mass is 16.5. The SMILES string of the molecule is COc1cccc([C@@H](CN2CCN(C(=O)c3ccc(C)cc3)CC2)OCc2ccc(C)cc2)c1. The van der Waals surface area contributed by atoms with E-state index < -0.39 is 0 Å². The summed E-state index contributed by atoms with van der Waals surface area (Å²) >= 11 is 0. The van der Waals surface area contributed by atoms with E-state index in [0.29, 0.717) is 6.61 Å². The van der Waals surface area contributed by atoms with Crippen molar-refractivity contribution in [1.29, 1.82) is 0 Å². The zero-order valence-electron chi connectivity index (χ0n) is 20.4. The van der Waals surface area contributed by atoms with Crippen LogP contribution in [0, 0.1) is 13.8 Å². The number of methoxy groups -OCH3 is 1. The lowest BCUT2D eigenvalue weighted by molar-refractivity contribution is 0.00333. The van der Waals surface area contributed by atoms with Gasteiger partial charge in [-0.25, -0.2) is 0 Å². The lowest BCUT2D eigenvalue weighted by Gasteiger charge is -2.36. The van der Waals surface area contributed by atoms with E-state index in [1.165, 1.54) is 5.56 Å². The van der Waals surface area contributed by atoms with Crippen molar-refractivity contribution in [1.82, 2.24) is 9.80 Å². The maximum atomic E-state index is 12.9. The van der Waals surface area contributed by atoms with E-state index in [1.807, 2.05) is 48.2 Å². The fraction of sp³-hybridized carbons (Fsp3) is 0.345. The van der Waals surface area contributed by atoms with Gasteiger partial charge in [0, 0.05) is 38.3 Å². The number of hydrogen-bond acceptors (Lipinski definition) is 4. The maximum absolute atomic E-state index is 12.9. The molecule has 0 aromatic heterocycles. The van der Waals surface area contributed by atoms with Crippen LogP contribution in [0.1, 0.15) is 38.7 Å². The molecule has 1 aliphatic heterocycles. The van der Waals surface area contributed by atoms with Crippen LogP contribution in [0.5, 0.6) is 5.75 Å². The van der Waals surface area contributed by atoms with E-state index in [0.717, 1.165) is 60.7 Å². The van der Waals surface area contributed by atoms with E-state index in [9.17, 15) is 4.79 Å². The van der Waals surface area contributed by atoms with Crippen molar-refractivity contribution in [2.24, 2.45) is 0 Å². The summed E-state index contributed by atoms with van der Waals surface area (Å²) in [7, 11) is 1.69. The summed E-state index contributed by atoms with van der Waals surface area (Å²) in [5, 5.41) is 0. The molecule has 0 aliphatic carbocycles. The van der Waals surface area contributed by atoms with Crippen LogP contribution >= 0.6 is 0 Å². The number of hydrogen-bond donors (Lipinski definition) is 0. The normalized spacial score (nSPS) is 15.2. The van der Waals surface area contributed by atoms with E-state index in [2.05, 4.69) is 48.2 Å². The number of carbonyl (C=O) groups excluding carboxylic acids is 1. The third kappa shape index (κ3) is 6.25. The summed E-state index contributed by atoms with van der Waals surface area (Å²) in [6.07, 6.45) is -0.0873. The quantitative estimate of drug-likeness (QED) is 0.475. The number of amides is 1. The molecule has 4 rings (SSSR count). The van der Waals surface area contributed by atoms with Gasteiger partial charge in [-0.05, 0) is 49.2 Å². The fourth-order valence-corrected chi connectivity index (χ4v) is 4.22. The average Bonchev–Trinajstić information content (AvgIpc) is 2.88. The molecule has 1 atom stereocenters. The Morgan fingerprint density at radius 1 is 0.882 bits per heavy atom. The Morgan fingerprint density at radius 3 is 2.18 bits per heavy atom. The molecule has 5 nitrogen and oxygen atoms in total. The number of aryl methyl sites for hydroxylation is 2. The van der Waals surface area contributed by atoms with Gasteiger partial charge in [-0.2, -0.15) is 0 Å². The Hall–Kier alpha value is -3.15. The van der Waals surface area contributed by atoms with Gasteiger partial charge in [0.25, 0.3) is 5.91 Å². The number of rotatable bonds is 8. The maximum Gasteiger partial charge on any atom is 0.253 e. The topological polar surface area (TPSA) is 42.0 Å². The molecule has 3 aromatic carbocycles. The Kier molecular flexibility index (Phi) is 7.99. The Morgan fingerprint density at radius 2 is 1.53 bits per heavy atom. The van der Waals surface area contributed by atoms with E-state index in [1.54, 1.807) is 7.11 Å². The number of benzene rings is 3. The second kappa shape index (κ2) is 11.3. The van der Waals surface area contributed by atoms with Crippen molar-refractivity contribution in [2.75, 3.05) is 39.8 Å². The van der Waals surface area contributed by atoms with Crippen molar-refractivity contribution in [3.8, 4) is 5.75 Å². The number of nitrogens with zero attached hydrogens (tertiary/aromatic N) is 2. The predicted octanol–water partition coefficient (Wildman–Crippen LogP) is 5.03. The molecule has 0 saturated carbocycles. The third-order valence-corrected chi connectivity index (χ3v) is 6.42. The molecule has 34 heavy (non-hydrogen) atoms. The first-order valence-corrected chi connectivity index (χ1v) is 11.9. The monoisotopic (exact) mass is 458 g/mol. The molecule has 0 unspecified atom stereocenters. The van der Waals surface area contributed by atoms with Gasteiger partial charge < -0.3 is 14.4 Å². The molecule has 178 valence electrons. The molecular formula is C29H34N2O3. The zero-order chi connectivity index (χ0) is 23.9. The van der Waals surface area contributed by atoms with Gasteiger partial charge in [0.1, 0.15) is 5.75 Å². The van der Waals surface area contributed by atoms with Gasteiger partial charge >= 0.3 is 0 Å². The lowest BCUT2D eigenvalue weighted by atomic mass is 10.1. The first kappa shape index (κ1) is 24.0. The standard InChI is InChI=1S/C29H34N2O3/c1-22-7-11-24(12-8-22)21-34-28(26-5-4-6-27(19-26)33-3)20-30-15-17-31(18-16-30)29(32)25-13-9-23(2)10-14-25/h4-14,19,28H,15-18,20-21H2,1-3H3/t28-/m1/s1. The van der Waals surface area contributed by atoms with Crippen LogP contribution < -0.4 is 4.74 Å². The number of piperazine rings is 1. The smallest absolute Gasteiger partial charge is 0.253 e. The summed E-state index contributed by atoms with van der Waals surface area (Å²) < 4.78 is 11.9. The van der Waals surface area contributed by atoms with Crippen LogP contribution in [-0.2, 0) is 11.3 Å². The highest BCUT2D eigenvalue weighted by Crippen LogP contribution is 2.25. The molecule has 5 heteroatoms. The van der Waals surface area contributed by atoms with Crippen molar-refractivity contribution in [3.05, 3.63) is 101 Å². The zero-order valence-corrected chi connectivity index (χ0v) is 20.4. The average molecular weight is 459 g/mol. The minimum absolute atomic E-state index is 0.0873. The van der Waals surface area contributed by atoms with Crippen LogP contribution in [0.2, 0.25) is 0 Å². The van der Waals surface area contributed by atoms with Crippen molar-refractivity contribution >= 4 is 5.91 Å². The second-order valence-corrected chi connectivity index (χ2v) is 9.02. The molecule has 1 aliphatic rings. The van der Waals surface area contributed by atoms with Gasteiger partial charge in [-0.15, -0.1) is 0 Å². The Balaban J connectivity index is 1.40. The molecule has 1 heterocycles. The molecule has 0 spiro atoms. The molecule has 0 N–H and O–H groups in total. The summed E-state index contributed by atoms with van der Waals surface area (Å²) in [6, 6.07) is 24.4. The van der Waals surface area contributed by atoms with Crippen LogP contribution in [-0.4, -0.2) is 55.5 Å². The minimum atomic E-state index is -0.0873. The van der Waals surface area contributed by atoms with Crippen LogP contribution in [0.4, 0.5) is 0 Å². The Labute approximate surface area is 202 Å². The van der Waals surface area contributed by atoms with Gasteiger partial charge in [0.2, 0.25) is 0 Å². The van der Waals surface area contributed by atoms with E-state index >= 15 is 0 Å². The van der Waals surface area contributed by atoms with Crippen molar-refractivity contribution in [2.45, 2.75) is 26.6 Å². The molecule has 0 bridgehead atoms. The van der Waals surface area contributed by atoms with Crippen LogP contribution in [0.15, 0.2) is 72.8 Å².